The van der Waals surface area contributed by atoms with E-state index in [0.29, 0.717) is 12.0 Å². The summed E-state index contributed by atoms with van der Waals surface area (Å²) in [6.07, 6.45) is 2.05. The van der Waals surface area contributed by atoms with Gasteiger partial charge in [-0.2, -0.15) is 0 Å². The Morgan fingerprint density at radius 1 is 1.50 bits per heavy atom. The third-order valence-corrected chi connectivity index (χ3v) is 3.23. The van der Waals surface area contributed by atoms with Crippen molar-refractivity contribution in [2.75, 3.05) is 7.05 Å². The molecular weight excluding hydrogens is 177 g/mol. The van der Waals surface area contributed by atoms with Crippen LogP contribution in [0.5, 0.6) is 0 Å². The number of rotatable bonds is 2. The van der Waals surface area contributed by atoms with Gasteiger partial charge >= 0.3 is 0 Å². The first-order valence-corrected chi connectivity index (χ1v) is 5.23. The van der Waals surface area contributed by atoms with Crippen molar-refractivity contribution >= 4 is 0 Å². The normalized spacial score (nSPS) is 25.1. The molecule has 0 radical (unpaired) electrons. The van der Waals surface area contributed by atoms with Crippen molar-refractivity contribution in [2.45, 2.75) is 31.7 Å². The minimum Gasteiger partial charge on any atom is -0.313 e. The molecule has 2 unspecified atom stereocenters. The summed E-state index contributed by atoms with van der Waals surface area (Å²) in [5.74, 6) is 0.357. The highest BCUT2D eigenvalue weighted by Crippen LogP contribution is 2.42. The second-order valence-electron chi connectivity index (χ2n) is 3.92. The molecule has 1 N–H and O–H groups in total. The van der Waals surface area contributed by atoms with E-state index in [1.165, 1.54) is 0 Å². The molecule has 0 amide bonds. The van der Waals surface area contributed by atoms with E-state index in [1.54, 1.807) is 12.1 Å². The lowest BCUT2D eigenvalue weighted by molar-refractivity contribution is 0.517. The van der Waals surface area contributed by atoms with Crippen molar-refractivity contribution in [1.82, 2.24) is 5.32 Å². The number of benzene rings is 1. The maximum Gasteiger partial charge on any atom is 0.127 e. The van der Waals surface area contributed by atoms with Gasteiger partial charge in [0.15, 0.2) is 0 Å². The number of hydrogen-bond donors (Lipinski definition) is 1. The van der Waals surface area contributed by atoms with Crippen LogP contribution >= 0.6 is 0 Å². The molecule has 1 aromatic rings. The SMILES string of the molecule is CCC1CC(NC)c2cccc(F)c21. The first-order chi connectivity index (χ1) is 6.77. The van der Waals surface area contributed by atoms with Crippen LogP contribution in [0.4, 0.5) is 4.39 Å². The number of fused-ring (bicyclic) bond motifs is 1. The van der Waals surface area contributed by atoms with Crippen LogP contribution in [0.2, 0.25) is 0 Å². The molecule has 0 spiro atoms. The Morgan fingerprint density at radius 2 is 2.29 bits per heavy atom. The molecule has 0 saturated carbocycles. The third kappa shape index (κ3) is 1.34. The Bertz CT molecular complexity index is 335. The molecule has 0 saturated heterocycles. The number of hydrogen-bond acceptors (Lipinski definition) is 1. The number of nitrogens with one attached hydrogen (secondary N) is 1. The van der Waals surface area contributed by atoms with Crippen molar-refractivity contribution in [3.05, 3.63) is 35.1 Å². The summed E-state index contributed by atoms with van der Waals surface area (Å²) in [4.78, 5) is 0. The van der Waals surface area contributed by atoms with Crippen LogP contribution in [-0.2, 0) is 0 Å². The Balaban J connectivity index is 2.47. The summed E-state index contributed by atoms with van der Waals surface area (Å²) >= 11 is 0. The second kappa shape index (κ2) is 3.70. The van der Waals surface area contributed by atoms with Crippen LogP contribution in [0, 0.1) is 5.82 Å². The fraction of sp³-hybridized carbons (Fsp3) is 0.500. The quantitative estimate of drug-likeness (QED) is 0.761. The van der Waals surface area contributed by atoms with Gasteiger partial charge in [-0.3, -0.25) is 0 Å². The first kappa shape index (κ1) is 9.66. The molecule has 76 valence electrons. The third-order valence-electron chi connectivity index (χ3n) is 3.23. The summed E-state index contributed by atoms with van der Waals surface area (Å²) < 4.78 is 13.6. The lowest BCUT2D eigenvalue weighted by Gasteiger charge is -2.09. The molecule has 0 bridgehead atoms. The van der Waals surface area contributed by atoms with E-state index < -0.39 is 0 Å². The molecule has 0 fully saturated rings. The molecule has 1 nitrogen and oxygen atoms in total. The summed E-state index contributed by atoms with van der Waals surface area (Å²) in [5, 5.41) is 3.24. The molecule has 14 heavy (non-hydrogen) atoms. The predicted octanol–water partition coefficient (Wildman–Crippen LogP) is 2.98. The van der Waals surface area contributed by atoms with E-state index in [-0.39, 0.29) is 5.82 Å². The largest absolute Gasteiger partial charge is 0.313 e. The van der Waals surface area contributed by atoms with Crippen LogP contribution in [-0.4, -0.2) is 7.05 Å². The van der Waals surface area contributed by atoms with Gasteiger partial charge in [-0.05, 0) is 43.0 Å². The van der Waals surface area contributed by atoms with Gasteiger partial charge < -0.3 is 5.32 Å². The van der Waals surface area contributed by atoms with Crippen molar-refractivity contribution in [3.8, 4) is 0 Å². The topological polar surface area (TPSA) is 12.0 Å². The van der Waals surface area contributed by atoms with E-state index >= 15 is 0 Å². The van der Waals surface area contributed by atoms with E-state index in [0.717, 1.165) is 24.0 Å². The fourth-order valence-corrected chi connectivity index (χ4v) is 2.46. The van der Waals surface area contributed by atoms with E-state index in [9.17, 15) is 4.39 Å². The molecule has 0 aliphatic heterocycles. The highest BCUT2D eigenvalue weighted by molar-refractivity contribution is 5.39. The molecule has 2 heteroatoms. The standard InChI is InChI=1S/C12H16FN/c1-3-8-7-11(14-2)9-5-4-6-10(13)12(8)9/h4-6,8,11,14H,3,7H2,1-2H3. The summed E-state index contributed by atoms with van der Waals surface area (Å²) in [5.41, 5.74) is 2.09. The van der Waals surface area contributed by atoms with Gasteiger partial charge in [0.2, 0.25) is 0 Å². The monoisotopic (exact) mass is 193 g/mol. The average molecular weight is 193 g/mol. The maximum atomic E-state index is 13.6. The first-order valence-electron chi connectivity index (χ1n) is 5.23. The van der Waals surface area contributed by atoms with E-state index in [2.05, 4.69) is 12.2 Å². The Hall–Kier alpha value is -0.890. The van der Waals surface area contributed by atoms with Crippen LogP contribution in [0.1, 0.15) is 42.9 Å². The van der Waals surface area contributed by atoms with Crippen molar-refractivity contribution < 1.29 is 4.39 Å². The van der Waals surface area contributed by atoms with Crippen LogP contribution in [0.3, 0.4) is 0 Å². The molecule has 0 heterocycles. The summed E-state index contributed by atoms with van der Waals surface area (Å²) in [6, 6.07) is 5.75. The molecule has 0 aromatic heterocycles. The van der Waals surface area contributed by atoms with E-state index in [1.807, 2.05) is 13.1 Å². The van der Waals surface area contributed by atoms with E-state index in [4.69, 9.17) is 0 Å². The smallest absolute Gasteiger partial charge is 0.127 e. The Morgan fingerprint density at radius 3 is 2.93 bits per heavy atom. The fourth-order valence-electron chi connectivity index (χ4n) is 2.46. The number of halogens is 1. The van der Waals surface area contributed by atoms with Gasteiger partial charge in [-0.25, -0.2) is 4.39 Å². The van der Waals surface area contributed by atoms with Gasteiger partial charge in [-0.15, -0.1) is 0 Å². The van der Waals surface area contributed by atoms with Gasteiger partial charge in [0.1, 0.15) is 5.82 Å². The second-order valence-corrected chi connectivity index (χ2v) is 3.92. The van der Waals surface area contributed by atoms with Crippen LogP contribution in [0.25, 0.3) is 0 Å². The maximum absolute atomic E-state index is 13.6. The molecule has 2 rings (SSSR count). The highest BCUT2D eigenvalue weighted by Gasteiger charge is 2.30. The molecule has 1 aliphatic carbocycles. The summed E-state index contributed by atoms with van der Waals surface area (Å²) in [7, 11) is 1.94. The minimum atomic E-state index is -0.0351. The Kier molecular flexibility index (Phi) is 2.55. The van der Waals surface area contributed by atoms with Gasteiger partial charge in [0.05, 0.1) is 0 Å². The van der Waals surface area contributed by atoms with Crippen molar-refractivity contribution in [2.24, 2.45) is 0 Å². The zero-order valence-corrected chi connectivity index (χ0v) is 8.68. The molecule has 1 aliphatic rings. The molecule has 2 atom stereocenters. The van der Waals surface area contributed by atoms with Crippen molar-refractivity contribution in [3.63, 3.8) is 0 Å². The molecular formula is C12H16FN. The average Bonchev–Trinajstić information content (AvgIpc) is 2.57. The Labute approximate surface area is 84.3 Å². The lowest BCUT2D eigenvalue weighted by Crippen LogP contribution is -2.13. The van der Waals surface area contributed by atoms with Gasteiger partial charge in [-0.1, -0.05) is 19.1 Å². The van der Waals surface area contributed by atoms with Crippen molar-refractivity contribution in [1.29, 1.82) is 0 Å². The molecule has 1 aromatic carbocycles. The minimum absolute atomic E-state index is 0.0351. The van der Waals surface area contributed by atoms with Gasteiger partial charge in [0, 0.05) is 6.04 Å². The zero-order chi connectivity index (χ0) is 10.1. The van der Waals surface area contributed by atoms with Crippen LogP contribution in [0.15, 0.2) is 18.2 Å². The zero-order valence-electron chi connectivity index (χ0n) is 8.68. The van der Waals surface area contributed by atoms with Gasteiger partial charge in [0.25, 0.3) is 0 Å². The predicted molar refractivity (Wildman–Crippen MR) is 55.8 cm³/mol. The highest BCUT2D eigenvalue weighted by atomic mass is 19.1. The lowest BCUT2D eigenvalue weighted by atomic mass is 9.98. The summed E-state index contributed by atoms with van der Waals surface area (Å²) in [6.45, 7) is 2.12. The van der Waals surface area contributed by atoms with Crippen LogP contribution < -0.4 is 5.32 Å².